The van der Waals surface area contributed by atoms with Gasteiger partial charge >= 0.3 is 184 Å². The number of nitrogens with zero attached hydrogens (tertiary/aromatic N) is 4. The van der Waals surface area contributed by atoms with Gasteiger partial charge in [0.05, 0.1) is 0 Å². The van der Waals surface area contributed by atoms with Crippen molar-refractivity contribution >= 4 is 43.3 Å². The summed E-state index contributed by atoms with van der Waals surface area (Å²) in [6.45, 7) is 0.505. The molecule has 4 aromatic rings. The molecule has 0 saturated carbocycles. The summed E-state index contributed by atoms with van der Waals surface area (Å²) >= 11 is -3.80. The predicted molar refractivity (Wildman–Crippen MR) is 117 cm³/mol. The topological polar surface area (TPSA) is 97.3 Å². The van der Waals surface area contributed by atoms with Crippen LogP contribution in [0.2, 0.25) is 0 Å². The van der Waals surface area contributed by atoms with Crippen molar-refractivity contribution in [3.8, 4) is 0 Å². The summed E-state index contributed by atoms with van der Waals surface area (Å²) < 4.78 is 24.1. The number of imidazole rings is 1. The Kier molecular flexibility index (Phi) is 4.67. The van der Waals surface area contributed by atoms with E-state index in [1.165, 1.54) is 13.5 Å². The number of nitrogens with two attached hydrogens (primary N) is 1. The number of anilines is 1. The molecule has 9 heteroatoms. The van der Waals surface area contributed by atoms with Crippen molar-refractivity contribution in [1.82, 2.24) is 19.5 Å². The average molecular weight is 522 g/mol. The Hall–Kier alpha value is -2.53. The first-order valence-electron chi connectivity index (χ1n) is 10.3. The molecule has 2 N–H and O–H groups in total. The predicted octanol–water partition coefficient (Wildman–Crippen LogP) is 1.37. The van der Waals surface area contributed by atoms with Gasteiger partial charge < -0.3 is 0 Å². The van der Waals surface area contributed by atoms with E-state index in [1.807, 2.05) is 41.0 Å². The van der Waals surface area contributed by atoms with Gasteiger partial charge in [0.15, 0.2) is 0 Å². The van der Waals surface area contributed by atoms with E-state index in [9.17, 15) is 0 Å². The van der Waals surface area contributed by atoms with E-state index < -0.39 is 19.2 Å². The van der Waals surface area contributed by atoms with Crippen LogP contribution in [-0.4, -0.2) is 57.5 Å². The molecular formula is C22H21N5O3Sn. The second-order valence-electron chi connectivity index (χ2n) is 7.76. The van der Waals surface area contributed by atoms with E-state index in [0.29, 0.717) is 30.0 Å². The van der Waals surface area contributed by atoms with Crippen molar-refractivity contribution in [2.75, 3.05) is 12.3 Å². The van der Waals surface area contributed by atoms with Crippen LogP contribution in [0, 0.1) is 0 Å². The van der Waals surface area contributed by atoms with E-state index in [1.54, 1.807) is 6.33 Å². The third kappa shape index (κ3) is 3.13. The van der Waals surface area contributed by atoms with Crippen molar-refractivity contribution in [3.63, 3.8) is 0 Å². The fourth-order valence-electron chi connectivity index (χ4n) is 4.46. The zero-order valence-corrected chi connectivity index (χ0v) is 19.5. The Morgan fingerprint density at radius 1 is 0.903 bits per heavy atom. The van der Waals surface area contributed by atoms with Gasteiger partial charge in [-0.2, -0.15) is 0 Å². The summed E-state index contributed by atoms with van der Waals surface area (Å²) in [5.74, 6) is 0.363. The number of hydrogen-bond acceptors (Lipinski definition) is 7. The fourth-order valence-corrected chi connectivity index (χ4v) is 14.0. The summed E-state index contributed by atoms with van der Waals surface area (Å²) in [7, 11) is 0. The van der Waals surface area contributed by atoms with E-state index in [-0.39, 0.29) is 18.4 Å². The first kappa shape index (κ1) is 19.2. The monoisotopic (exact) mass is 523 g/mol. The molecule has 3 atom stereocenters. The number of benzene rings is 2. The van der Waals surface area contributed by atoms with Crippen molar-refractivity contribution in [1.29, 1.82) is 0 Å². The average Bonchev–Trinajstić information content (AvgIpc) is 3.44. The van der Waals surface area contributed by atoms with Crippen LogP contribution in [0.1, 0.15) is 12.6 Å². The van der Waals surface area contributed by atoms with Crippen LogP contribution in [0.4, 0.5) is 5.82 Å². The number of rotatable bonds is 3. The van der Waals surface area contributed by atoms with Gasteiger partial charge in [-0.1, -0.05) is 0 Å². The van der Waals surface area contributed by atoms with Gasteiger partial charge in [0.25, 0.3) is 0 Å². The Morgan fingerprint density at radius 2 is 1.61 bits per heavy atom. The van der Waals surface area contributed by atoms with Crippen LogP contribution in [-0.2, 0) is 10.9 Å². The van der Waals surface area contributed by atoms with E-state index >= 15 is 0 Å². The molecule has 2 aliphatic heterocycles. The first-order valence-corrected chi connectivity index (χ1v) is 15.4. The van der Waals surface area contributed by atoms with Gasteiger partial charge in [0, 0.05) is 0 Å². The second-order valence-corrected chi connectivity index (χ2v) is 16.1. The first-order chi connectivity index (χ1) is 15.2. The van der Waals surface area contributed by atoms with Crippen molar-refractivity contribution in [2.24, 2.45) is 0 Å². The molecule has 2 aliphatic rings. The molecule has 0 spiro atoms. The molecule has 0 amide bonds. The van der Waals surface area contributed by atoms with Gasteiger partial charge in [-0.15, -0.1) is 0 Å². The van der Waals surface area contributed by atoms with E-state index in [0.717, 1.165) is 0 Å². The summed E-state index contributed by atoms with van der Waals surface area (Å²) in [5.41, 5.74) is 7.19. The zero-order chi connectivity index (χ0) is 20.8. The maximum absolute atomic E-state index is 6.91. The Balaban J connectivity index is 1.35. The minimum absolute atomic E-state index is 0.0633. The number of ether oxygens (including phenoxy) is 1. The maximum atomic E-state index is 6.91. The van der Waals surface area contributed by atoms with Crippen molar-refractivity contribution in [3.05, 3.63) is 73.3 Å². The normalized spacial score (nSPS) is 24.8. The molecular weight excluding hydrogens is 501 g/mol. The Bertz CT molecular complexity index is 1180. The quantitative estimate of drug-likeness (QED) is 0.406. The Labute approximate surface area is 184 Å². The molecule has 2 saturated heterocycles. The van der Waals surface area contributed by atoms with E-state index in [2.05, 4.69) is 39.2 Å². The summed E-state index contributed by atoms with van der Waals surface area (Å²) in [6, 6.07) is 20.7. The number of nitrogen functional groups attached to an aromatic ring is 1. The van der Waals surface area contributed by atoms with Crippen molar-refractivity contribution < 1.29 is 10.9 Å². The molecule has 2 aromatic heterocycles. The number of aromatic nitrogens is 4. The number of hydrogen-bond donors (Lipinski definition) is 1. The molecule has 0 unspecified atom stereocenters. The fraction of sp³-hybridized carbons (Fsp3) is 0.227. The summed E-state index contributed by atoms with van der Waals surface area (Å²) in [5, 5.41) is 0. The second kappa shape index (κ2) is 7.56. The van der Waals surface area contributed by atoms with Gasteiger partial charge in [-0.25, -0.2) is 0 Å². The summed E-state index contributed by atoms with van der Waals surface area (Å²) in [4.78, 5) is 12.8. The van der Waals surface area contributed by atoms with Gasteiger partial charge in [-0.3, -0.25) is 0 Å². The molecule has 6 rings (SSSR count). The third-order valence-electron chi connectivity index (χ3n) is 5.95. The van der Waals surface area contributed by atoms with Crippen molar-refractivity contribution in [2.45, 2.75) is 24.9 Å². The molecule has 156 valence electrons. The van der Waals surface area contributed by atoms with Gasteiger partial charge in [0.1, 0.15) is 0 Å². The molecule has 0 radical (unpaired) electrons. The molecule has 0 bridgehead atoms. The van der Waals surface area contributed by atoms with Crippen LogP contribution >= 0.6 is 0 Å². The number of fused-ring (bicyclic) bond motifs is 2. The van der Waals surface area contributed by atoms with Crippen LogP contribution < -0.4 is 12.9 Å². The standard InChI is InChI=1S/C10H11N5O3.2C6H5.Sn/c11-9-8-10(13-3-12-9)15(4-14-8)7-1-5(17)6(2-16)18-7;2*1-2-4-6-5-3-1;/h3-7H,1-2H2,(H2,11,12,13);2*1-5H;/q-2;;;+2/t5-,6+,7+;;;/m1.../s1. The zero-order valence-electron chi connectivity index (χ0n) is 16.7. The van der Waals surface area contributed by atoms with Crippen LogP contribution in [0.5, 0.6) is 0 Å². The van der Waals surface area contributed by atoms with Gasteiger partial charge in [-0.05, 0) is 0 Å². The third-order valence-corrected chi connectivity index (χ3v) is 15.6. The van der Waals surface area contributed by atoms with E-state index in [4.69, 9.17) is 16.6 Å². The molecule has 8 nitrogen and oxygen atoms in total. The van der Waals surface area contributed by atoms with Crippen LogP contribution in [0.3, 0.4) is 0 Å². The molecule has 0 aliphatic carbocycles. The molecule has 4 heterocycles. The minimum atomic E-state index is -3.80. The Morgan fingerprint density at radius 3 is 2.32 bits per heavy atom. The molecule has 31 heavy (non-hydrogen) atoms. The van der Waals surface area contributed by atoms with Crippen LogP contribution in [0.25, 0.3) is 11.2 Å². The van der Waals surface area contributed by atoms with Gasteiger partial charge in [0.2, 0.25) is 0 Å². The SMILES string of the molecule is Nc1ncnc2c1ncn2[C@@H]1C[C@H]2[O][Sn]([c]3ccccc3)([c]3ccccc3)[O]C[C@@H]2O1. The van der Waals surface area contributed by atoms with Crippen LogP contribution in [0.15, 0.2) is 73.3 Å². The summed E-state index contributed by atoms with van der Waals surface area (Å²) in [6.07, 6.45) is 3.41. The molecule has 2 fully saturated rings. The molecule has 2 aromatic carbocycles.